The Labute approximate surface area is 206 Å². The summed E-state index contributed by atoms with van der Waals surface area (Å²) in [6, 6.07) is 28.2. The van der Waals surface area contributed by atoms with Crippen LogP contribution in [-0.4, -0.2) is 42.8 Å². The molecule has 1 amide bonds. The van der Waals surface area contributed by atoms with Crippen LogP contribution in [0.1, 0.15) is 24.0 Å². The fraction of sp³-hybridized carbons (Fsp3) is 0.321. The van der Waals surface area contributed by atoms with Crippen LogP contribution in [0.3, 0.4) is 0 Å². The molecule has 3 aromatic carbocycles. The molecule has 0 spiro atoms. The van der Waals surface area contributed by atoms with E-state index in [0.717, 1.165) is 63.8 Å². The highest BCUT2D eigenvalue weighted by Crippen LogP contribution is 2.45. The predicted molar refractivity (Wildman–Crippen MR) is 139 cm³/mol. The molecule has 0 saturated carbocycles. The lowest BCUT2D eigenvalue weighted by molar-refractivity contribution is -0.899. The molecule has 5 heteroatoms. The summed E-state index contributed by atoms with van der Waals surface area (Å²) in [5, 5.41) is 0.820. The average molecular weight is 480 g/mol. The summed E-state index contributed by atoms with van der Waals surface area (Å²) in [5.74, 6) is 0.925. The van der Waals surface area contributed by atoms with Gasteiger partial charge in [0.05, 0.1) is 31.7 Å². The molecule has 2 atom stereocenters. The number of nitrogens with zero attached hydrogens (tertiary/aromatic N) is 1. The van der Waals surface area contributed by atoms with Crippen molar-refractivity contribution in [3.63, 3.8) is 0 Å². The van der Waals surface area contributed by atoms with E-state index in [1.165, 1.54) is 0 Å². The number of hydrogen-bond donors (Lipinski definition) is 1. The van der Waals surface area contributed by atoms with E-state index in [-0.39, 0.29) is 11.8 Å². The molecule has 2 N–H and O–H groups in total. The molecule has 4 rings (SSSR count). The van der Waals surface area contributed by atoms with Crippen LogP contribution in [-0.2, 0) is 10.2 Å². The first-order valence-electron chi connectivity index (χ1n) is 11.6. The zero-order valence-electron chi connectivity index (χ0n) is 19.1. The van der Waals surface area contributed by atoms with Crippen LogP contribution in [0.2, 0.25) is 5.02 Å². The van der Waals surface area contributed by atoms with Gasteiger partial charge >= 0.3 is 0 Å². The van der Waals surface area contributed by atoms with Gasteiger partial charge in [0.15, 0.2) is 0 Å². The van der Waals surface area contributed by atoms with E-state index in [1.54, 1.807) is 0 Å². The number of likely N-dealkylation sites (tertiary alicyclic amines) is 1. The normalized spacial score (nSPS) is 20.6. The number of thioether (sulfide) groups is 1. The van der Waals surface area contributed by atoms with Gasteiger partial charge in [0.2, 0.25) is 5.91 Å². The van der Waals surface area contributed by atoms with Gasteiger partial charge in [-0.15, -0.1) is 11.8 Å². The Bertz CT molecular complexity index is 1040. The van der Waals surface area contributed by atoms with Crippen LogP contribution in [0, 0.1) is 5.92 Å². The van der Waals surface area contributed by atoms with Crippen molar-refractivity contribution in [2.75, 3.05) is 32.4 Å². The lowest BCUT2D eigenvalue weighted by Crippen LogP contribution is -2.51. The first-order chi connectivity index (χ1) is 16.0. The van der Waals surface area contributed by atoms with Gasteiger partial charge in [0.1, 0.15) is 5.41 Å². The maximum absolute atomic E-state index is 13.3. The number of nitrogens with two attached hydrogens (primary N) is 1. The number of rotatable bonds is 9. The number of primary amides is 1. The van der Waals surface area contributed by atoms with Gasteiger partial charge in [-0.2, -0.15) is 0 Å². The van der Waals surface area contributed by atoms with Crippen LogP contribution >= 0.6 is 23.4 Å². The molecule has 172 valence electrons. The molecule has 0 aliphatic carbocycles. The van der Waals surface area contributed by atoms with Crippen molar-refractivity contribution in [3.05, 3.63) is 101 Å². The molecule has 0 aromatic heterocycles. The SMILES string of the molecule is C[N+]1(CCCSc2ccccc2Cl)CCC(C(C(N)=O)(c2ccccc2)c2ccccc2)C1. The van der Waals surface area contributed by atoms with Crippen molar-refractivity contribution < 1.29 is 9.28 Å². The zero-order chi connectivity index (χ0) is 23.3. The number of carbonyl (C=O) groups is 1. The second-order valence-corrected chi connectivity index (χ2v) is 10.8. The van der Waals surface area contributed by atoms with Crippen LogP contribution in [0.5, 0.6) is 0 Å². The molecular weight excluding hydrogens is 448 g/mol. The second-order valence-electron chi connectivity index (χ2n) is 9.27. The number of hydrogen-bond acceptors (Lipinski definition) is 2. The Morgan fingerprint density at radius 2 is 1.58 bits per heavy atom. The lowest BCUT2D eigenvalue weighted by Gasteiger charge is -2.38. The smallest absolute Gasteiger partial charge is 0.233 e. The molecule has 2 unspecified atom stereocenters. The first kappa shape index (κ1) is 23.9. The average Bonchev–Trinajstić information content (AvgIpc) is 3.22. The molecule has 0 radical (unpaired) electrons. The third kappa shape index (κ3) is 4.98. The molecule has 1 heterocycles. The summed E-state index contributed by atoms with van der Waals surface area (Å²) < 4.78 is 0.961. The fourth-order valence-corrected chi connectivity index (χ4v) is 6.63. The highest BCUT2D eigenvalue weighted by atomic mass is 35.5. The molecule has 1 saturated heterocycles. The molecule has 3 aromatic rings. The number of carbonyl (C=O) groups excluding carboxylic acids is 1. The van der Waals surface area contributed by atoms with E-state index in [0.29, 0.717) is 0 Å². The summed E-state index contributed by atoms with van der Waals surface area (Å²) in [7, 11) is 2.32. The molecule has 1 aliphatic heterocycles. The van der Waals surface area contributed by atoms with Gasteiger partial charge in [-0.05, 0) is 23.3 Å². The second kappa shape index (κ2) is 10.3. The third-order valence-electron chi connectivity index (χ3n) is 7.07. The minimum absolute atomic E-state index is 0.154. The Kier molecular flexibility index (Phi) is 7.48. The molecule has 1 fully saturated rings. The highest BCUT2D eigenvalue weighted by Gasteiger charge is 2.53. The molecule has 1 aliphatic rings. The maximum atomic E-state index is 13.3. The Hall–Kier alpha value is -2.27. The van der Waals surface area contributed by atoms with E-state index in [1.807, 2.05) is 66.4 Å². The van der Waals surface area contributed by atoms with E-state index >= 15 is 0 Å². The molecular formula is C28H32ClN2OS+. The maximum Gasteiger partial charge on any atom is 0.233 e. The number of quaternary nitrogens is 1. The van der Waals surface area contributed by atoms with Crippen LogP contribution < -0.4 is 5.73 Å². The molecule has 3 nitrogen and oxygen atoms in total. The highest BCUT2D eigenvalue weighted by molar-refractivity contribution is 7.99. The van der Waals surface area contributed by atoms with Gasteiger partial charge < -0.3 is 10.2 Å². The van der Waals surface area contributed by atoms with Gasteiger partial charge in [0, 0.05) is 29.4 Å². The summed E-state index contributed by atoms with van der Waals surface area (Å²) >= 11 is 8.12. The van der Waals surface area contributed by atoms with E-state index < -0.39 is 5.41 Å². The van der Waals surface area contributed by atoms with Crippen LogP contribution in [0.15, 0.2) is 89.8 Å². The van der Waals surface area contributed by atoms with Crippen molar-refractivity contribution in [2.45, 2.75) is 23.2 Å². The van der Waals surface area contributed by atoms with Gasteiger partial charge in [-0.3, -0.25) is 4.79 Å². The molecule has 0 bridgehead atoms. The van der Waals surface area contributed by atoms with Gasteiger partial charge in [-0.25, -0.2) is 0 Å². The van der Waals surface area contributed by atoms with E-state index in [4.69, 9.17) is 17.3 Å². The number of benzene rings is 3. The monoisotopic (exact) mass is 479 g/mol. The number of amides is 1. The summed E-state index contributed by atoms with van der Waals surface area (Å²) in [4.78, 5) is 14.4. The van der Waals surface area contributed by atoms with Gasteiger partial charge in [-0.1, -0.05) is 84.4 Å². The lowest BCUT2D eigenvalue weighted by atomic mass is 9.64. The zero-order valence-corrected chi connectivity index (χ0v) is 20.7. The Balaban J connectivity index is 1.53. The van der Waals surface area contributed by atoms with Crippen molar-refractivity contribution in [1.82, 2.24) is 0 Å². The summed E-state index contributed by atoms with van der Waals surface area (Å²) in [5.41, 5.74) is 7.42. The Morgan fingerprint density at radius 1 is 1.00 bits per heavy atom. The van der Waals surface area contributed by atoms with E-state index in [9.17, 15) is 4.79 Å². The third-order valence-corrected chi connectivity index (χ3v) is 8.68. The van der Waals surface area contributed by atoms with Gasteiger partial charge in [0.25, 0.3) is 0 Å². The van der Waals surface area contributed by atoms with Crippen molar-refractivity contribution in [1.29, 1.82) is 0 Å². The minimum atomic E-state index is -0.815. The van der Waals surface area contributed by atoms with Crippen molar-refractivity contribution >= 4 is 29.3 Å². The molecule has 33 heavy (non-hydrogen) atoms. The van der Waals surface area contributed by atoms with Crippen molar-refractivity contribution in [2.24, 2.45) is 11.7 Å². The quantitative estimate of drug-likeness (QED) is 0.241. The summed E-state index contributed by atoms with van der Waals surface area (Å²) in [6.45, 7) is 3.06. The number of halogens is 1. The minimum Gasteiger partial charge on any atom is -0.369 e. The van der Waals surface area contributed by atoms with Crippen LogP contribution in [0.25, 0.3) is 0 Å². The predicted octanol–water partition coefficient (Wildman–Crippen LogP) is 5.76. The van der Waals surface area contributed by atoms with E-state index in [2.05, 4.69) is 37.4 Å². The summed E-state index contributed by atoms with van der Waals surface area (Å²) in [6.07, 6.45) is 2.07. The largest absolute Gasteiger partial charge is 0.369 e. The fourth-order valence-electron chi connectivity index (χ4n) is 5.45. The first-order valence-corrected chi connectivity index (χ1v) is 12.9. The van der Waals surface area contributed by atoms with Crippen LogP contribution in [0.4, 0.5) is 0 Å². The topological polar surface area (TPSA) is 43.1 Å². The van der Waals surface area contributed by atoms with Crippen molar-refractivity contribution in [3.8, 4) is 0 Å². The standard InChI is InChI=1S/C28H31ClN2OS/c1-31(18-10-20-33-26-16-9-8-15-25(26)29)19-17-24(21-31)28(27(30)32,22-11-4-2-5-12-22)23-13-6-3-7-14-23/h2-9,11-16,24H,10,17-21H2,1H3,(H-,30,32)/p+1. The Morgan fingerprint density at radius 3 is 2.15 bits per heavy atom.